The van der Waals surface area contributed by atoms with Gasteiger partial charge in [0.05, 0.1) is 0 Å². The average Bonchev–Trinajstić information content (AvgIpc) is 2.57. The van der Waals surface area contributed by atoms with Crippen molar-refractivity contribution in [3.05, 3.63) is 58.7 Å². The van der Waals surface area contributed by atoms with E-state index < -0.39 is 0 Å². The Labute approximate surface area is 142 Å². The minimum absolute atomic E-state index is 0.250. The smallest absolute Gasteiger partial charge is 0.292 e. The summed E-state index contributed by atoms with van der Waals surface area (Å²) in [5, 5.41) is 17.4. The lowest BCUT2D eigenvalue weighted by Crippen LogP contribution is -2.03. The number of hydrogen-bond donors (Lipinski definition) is 0. The largest absolute Gasteiger partial charge is 0.388 e. The molecule has 0 aliphatic rings. The summed E-state index contributed by atoms with van der Waals surface area (Å²) < 4.78 is 9.91. The molecule has 2 rings (SSSR count). The van der Waals surface area contributed by atoms with E-state index >= 15 is 0 Å². The SMILES string of the molecule is CCCC(c1ccc(OC#N)c(C)c1)c1ccc(OC#N)c(C)c1. The van der Waals surface area contributed by atoms with Crippen LogP contribution < -0.4 is 9.47 Å². The van der Waals surface area contributed by atoms with Gasteiger partial charge in [-0.25, -0.2) is 0 Å². The molecule has 0 aliphatic heterocycles. The Hall–Kier alpha value is -2.98. The fraction of sp³-hybridized carbons (Fsp3) is 0.300. The molecule has 4 heteroatoms. The van der Waals surface area contributed by atoms with E-state index in [9.17, 15) is 0 Å². The quantitative estimate of drug-likeness (QED) is 0.706. The van der Waals surface area contributed by atoms with E-state index in [1.165, 1.54) is 11.1 Å². The zero-order valence-corrected chi connectivity index (χ0v) is 14.2. The van der Waals surface area contributed by atoms with Crippen LogP contribution in [0.2, 0.25) is 0 Å². The van der Waals surface area contributed by atoms with Gasteiger partial charge < -0.3 is 9.47 Å². The summed E-state index contributed by atoms with van der Waals surface area (Å²) in [5.74, 6) is 1.43. The van der Waals surface area contributed by atoms with Crippen molar-refractivity contribution >= 4 is 0 Å². The monoisotopic (exact) mass is 320 g/mol. The second-order valence-corrected chi connectivity index (χ2v) is 5.78. The first-order valence-electron chi connectivity index (χ1n) is 7.93. The number of nitrogens with zero attached hydrogens (tertiary/aromatic N) is 2. The molecule has 0 spiro atoms. The molecule has 0 saturated heterocycles. The maximum atomic E-state index is 8.68. The zero-order chi connectivity index (χ0) is 17.5. The molecule has 0 unspecified atom stereocenters. The van der Waals surface area contributed by atoms with Gasteiger partial charge in [0.1, 0.15) is 11.5 Å². The van der Waals surface area contributed by atoms with Gasteiger partial charge in [-0.15, -0.1) is 10.5 Å². The van der Waals surface area contributed by atoms with Crippen LogP contribution in [0.5, 0.6) is 11.5 Å². The Balaban J connectivity index is 2.40. The summed E-state index contributed by atoms with van der Waals surface area (Å²) in [7, 11) is 0. The zero-order valence-electron chi connectivity index (χ0n) is 14.2. The number of rotatable bonds is 6. The Kier molecular flexibility index (Phi) is 5.82. The third kappa shape index (κ3) is 3.86. The Morgan fingerprint density at radius 2 is 1.33 bits per heavy atom. The van der Waals surface area contributed by atoms with E-state index in [2.05, 4.69) is 19.1 Å². The van der Waals surface area contributed by atoms with E-state index in [1.54, 1.807) is 12.5 Å². The highest BCUT2D eigenvalue weighted by Gasteiger charge is 2.16. The van der Waals surface area contributed by atoms with Crippen LogP contribution in [0.25, 0.3) is 0 Å². The molecule has 0 bridgehead atoms. The van der Waals surface area contributed by atoms with Crippen LogP contribution >= 0.6 is 0 Å². The van der Waals surface area contributed by atoms with Gasteiger partial charge >= 0.3 is 0 Å². The third-order valence-electron chi connectivity index (χ3n) is 4.09. The molecule has 0 radical (unpaired) electrons. The molecule has 0 amide bonds. The van der Waals surface area contributed by atoms with E-state index in [4.69, 9.17) is 20.0 Å². The number of hydrogen-bond acceptors (Lipinski definition) is 4. The number of ether oxygens (including phenoxy) is 2. The standard InChI is InChI=1S/C20H20N2O2/c1-4-5-18(16-6-8-19(23-12-21)14(2)10-16)17-7-9-20(24-13-22)15(3)11-17/h6-11,18H,4-5H2,1-3H3. The maximum Gasteiger partial charge on any atom is 0.292 e. The van der Waals surface area contributed by atoms with Gasteiger partial charge in [-0.3, -0.25) is 0 Å². The first-order chi connectivity index (χ1) is 11.6. The number of nitriles is 2. The molecule has 0 N–H and O–H groups in total. The summed E-state index contributed by atoms with van der Waals surface area (Å²) in [4.78, 5) is 0. The second kappa shape index (κ2) is 8.04. The minimum atomic E-state index is 0.250. The highest BCUT2D eigenvalue weighted by atomic mass is 16.5. The topological polar surface area (TPSA) is 66.0 Å². The van der Waals surface area contributed by atoms with E-state index in [-0.39, 0.29) is 5.92 Å². The summed E-state index contributed by atoms with van der Waals surface area (Å²) in [6.45, 7) is 6.04. The lowest BCUT2D eigenvalue weighted by molar-refractivity contribution is 0.502. The van der Waals surface area contributed by atoms with Crippen molar-refractivity contribution < 1.29 is 9.47 Å². The molecule has 0 atom stereocenters. The van der Waals surface area contributed by atoms with Crippen molar-refractivity contribution in [2.75, 3.05) is 0 Å². The molecule has 2 aromatic rings. The van der Waals surface area contributed by atoms with Gasteiger partial charge in [0.25, 0.3) is 12.5 Å². The summed E-state index contributed by atoms with van der Waals surface area (Å²) in [6, 6.07) is 11.8. The molecule has 0 heterocycles. The van der Waals surface area contributed by atoms with Crippen LogP contribution in [-0.2, 0) is 0 Å². The molecule has 122 valence electrons. The average molecular weight is 320 g/mol. The molecule has 4 nitrogen and oxygen atoms in total. The summed E-state index contributed by atoms with van der Waals surface area (Å²) in [5.41, 5.74) is 4.26. The first kappa shape index (κ1) is 17.4. The molecule has 2 aromatic carbocycles. The second-order valence-electron chi connectivity index (χ2n) is 5.78. The van der Waals surface area contributed by atoms with E-state index in [1.807, 2.05) is 38.1 Å². The van der Waals surface area contributed by atoms with Crippen molar-refractivity contribution in [3.8, 4) is 24.0 Å². The Morgan fingerprint density at radius 1 is 0.875 bits per heavy atom. The molecule has 24 heavy (non-hydrogen) atoms. The van der Waals surface area contributed by atoms with Crippen molar-refractivity contribution in [2.45, 2.75) is 39.5 Å². The lowest BCUT2D eigenvalue weighted by atomic mass is 9.86. The van der Waals surface area contributed by atoms with Crippen molar-refractivity contribution in [2.24, 2.45) is 0 Å². The predicted octanol–water partition coefficient (Wildman–Crippen LogP) is 4.96. The fourth-order valence-electron chi connectivity index (χ4n) is 2.92. The predicted molar refractivity (Wildman–Crippen MR) is 91.6 cm³/mol. The van der Waals surface area contributed by atoms with Crippen LogP contribution in [0.3, 0.4) is 0 Å². The fourth-order valence-corrected chi connectivity index (χ4v) is 2.92. The molecule has 0 saturated carbocycles. The van der Waals surface area contributed by atoms with Crippen LogP contribution in [0.4, 0.5) is 0 Å². The van der Waals surface area contributed by atoms with Crippen LogP contribution in [0, 0.1) is 36.9 Å². The van der Waals surface area contributed by atoms with E-state index in [0.717, 1.165) is 24.0 Å². The molecular weight excluding hydrogens is 300 g/mol. The van der Waals surface area contributed by atoms with E-state index in [0.29, 0.717) is 11.5 Å². The van der Waals surface area contributed by atoms with Crippen LogP contribution in [-0.4, -0.2) is 0 Å². The minimum Gasteiger partial charge on any atom is -0.388 e. The van der Waals surface area contributed by atoms with Crippen molar-refractivity contribution in [1.82, 2.24) is 0 Å². The Bertz CT molecular complexity index is 735. The number of aryl methyl sites for hydroxylation is 2. The summed E-state index contributed by atoms with van der Waals surface area (Å²) in [6.07, 6.45) is 5.49. The van der Waals surface area contributed by atoms with Gasteiger partial charge in [0.15, 0.2) is 0 Å². The van der Waals surface area contributed by atoms with Crippen molar-refractivity contribution in [3.63, 3.8) is 0 Å². The number of benzene rings is 2. The van der Waals surface area contributed by atoms with Gasteiger partial charge in [-0.1, -0.05) is 37.6 Å². The van der Waals surface area contributed by atoms with Crippen LogP contribution in [0.15, 0.2) is 36.4 Å². The summed E-state index contributed by atoms with van der Waals surface area (Å²) >= 11 is 0. The molecular formula is C20H20N2O2. The van der Waals surface area contributed by atoms with Gasteiger partial charge in [-0.05, 0) is 54.7 Å². The van der Waals surface area contributed by atoms with Gasteiger partial charge in [0.2, 0.25) is 0 Å². The Morgan fingerprint density at radius 3 is 1.67 bits per heavy atom. The van der Waals surface area contributed by atoms with Crippen molar-refractivity contribution in [1.29, 1.82) is 10.5 Å². The normalized spacial score (nSPS) is 10.1. The van der Waals surface area contributed by atoms with Gasteiger partial charge in [0, 0.05) is 5.92 Å². The maximum absolute atomic E-state index is 8.68. The lowest BCUT2D eigenvalue weighted by Gasteiger charge is -2.19. The molecule has 0 aromatic heterocycles. The third-order valence-corrected chi connectivity index (χ3v) is 4.09. The van der Waals surface area contributed by atoms with Gasteiger partial charge in [-0.2, -0.15) is 0 Å². The van der Waals surface area contributed by atoms with Crippen LogP contribution in [0.1, 0.15) is 47.9 Å². The highest BCUT2D eigenvalue weighted by Crippen LogP contribution is 2.34. The first-order valence-corrected chi connectivity index (χ1v) is 7.93. The highest BCUT2D eigenvalue weighted by molar-refractivity contribution is 5.44. The molecule has 0 aliphatic carbocycles. The molecule has 0 fully saturated rings.